The summed E-state index contributed by atoms with van der Waals surface area (Å²) in [5, 5.41) is 6.00. The summed E-state index contributed by atoms with van der Waals surface area (Å²) in [5.74, 6) is -0.127. The van der Waals surface area contributed by atoms with Crippen molar-refractivity contribution in [1.82, 2.24) is 9.73 Å². The highest BCUT2D eigenvalue weighted by Gasteiger charge is 2.45. The number of hydrogen-bond acceptors (Lipinski definition) is 8. The van der Waals surface area contributed by atoms with Gasteiger partial charge in [-0.3, -0.25) is 4.79 Å². The Bertz CT molecular complexity index is 1460. The van der Waals surface area contributed by atoms with Crippen molar-refractivity contribution in [2.75, 3.05) is 13.7 Å². The average molecular weight is 524 g/mol. The number of fused-ring (bicyclic) bond motifs is 1. The van der Waals surface area contributed by atoms with Crippen molar-refractivity contribution < 1.29 is 31.6 Å². The van der Waals surface area contributed by atoms with Gasteiger partial charge in [0.2, 0.25) is 10.0 Å². The van der Waals surface area contributed by atoms with Gasteiger partial charge in [-0.2, -0.15) is 5.10 Å². The Hall–Kier alpha value is -3.96. The largest absolute Gasteiger partial charge is 0.467 e. The van der Waals surface area contributed by atoms with Crippen LogP contribution in [0.1, 0.15) is 47.2 Å². The molecule has 1 aliphatic carbocycles. The first-order valence-corrected chi connectivity index (χ1v) is 13.2. The van der Waals surface area contributed by atoms with Crippen molar-refractivity contribution in [3.8, 4) is 0 Å². The maximum Gasteiger partial charge on any atom is 0.338 e. The maximum absolute atomic E-state index is 13.3. The summed E-state index contributed by atoms with van der Waals surface area (Å²) in [6.45, 7) is -0.570. The Morgan fingerprint density at radius 2 is 1.97 bits per heavy atom. The number of rotatable bonds is 7. The zero-order chi connectivity index (χ0) is 26.0. The molecular weight excluding hydrogens is 498 g/mol. The van der Waals surface area contributed by atoms with Gasteiger partial charge in [-0.25, -0.2) is 22.9 Å². The number of carbonyl (C=O) groups is 2. The van der Waals surface area contributed by atoms with Crippen LogP contribution in [-0.4, -0.2) is 44.7 Å². The van der Waals surface area contributed by atoms with Gasteiger partial charge in [0.05, 0.1) is 28.7 Å². The summed E-state index contributed by atoms with van der Waals surface area (Å²) in [6, 6.07) is 12.2. The number of furan rings is 2. The molecule has 0 saturated heterocycles. The van der Waals surface area contributed by atoms with Crippen molar-refractivity contribution in [1.29, 1.82) is 0 Å². The number of ether oxygens (including phenoxy) is 1. The van der Waals surface area contributed by atoms with Crippen molar-refractivity contribution in [3.63, 3.8) is 0 Å². The fourth-order valence-electron chi connectivity index (χ4n) is 4.68. The van der Waals surface area contributed by atoms with Crippen LogP contribution < -0.4 is 4.72 Å². The second-order valence-electron chi connectivity index (χ2n) is 8.68. The third-order valence-electron chi connectivity index (χ3n) is 6.43. The molecule has 1 saturated carbocycles. The van der Waals surface area contributed by atoms with Crippen LogP contribution in [0.4, 0.5) is 0 Å². The van der Waals surface area contributed by atoms with Gasteiger partial charge >= 0.3 is 5.97 Å². The van der Waals surface area contributed by atoms with Crippen LogP contribution in [0.2, 0.25) is 0 Å². The first-order valence-electron chi connectivity index (χ1n) is 11.8. The topological polar surface area (TPSA) is 131 Å². The van der Waals surface area contributed by atoms with Crippen LogP contribution in [0.5, 0.6) is 0 Å². The van der Waals surface area contributed by atoms with Gasteiger partial charge in [-0.15, -0.1) is 0 Å². The Balaban J connectivity index is 1.37. The van der Waals surface area contributed by atoms with E-state index in [9.17, 15) is 18.0 Å². The van der Waals surface area contributed by atoms with E-state index in [-0.39, 0.29) is 16.4 Å². The molecule has 0 spiro atoms. The van der Waals surface area contributed by atoms with E-state index in [0.29, 0.717) is 11.5 Å². The molecule has 3 heterocycles. The van der Waals surface area contributed by atoms with Crippen LogP contribution in [0, 0.1) is 5.92 Å². The number of allylic oxidation sites excluding steroid dienone is 1. The van der Waals surface area contributed by atoms with Crippen LogP contribution in [-0.2, 0) is 19.6 Å². The third-order valence-corrected chi connectivity index (χ3v) is 7.84. The molecule has 11 heteroatoms. The van der Waals surface area contributed by atoms with E-state index in [0.717, 1.165) is 30.5 Å². The molecule has 192 valence electrons. The Labute approximate surface area is 213 Å². The molecule has 3 aromatic rings. The summed E-state index contributed by atoms with van der Waals surface area (Å²) < 4.78 is 42.7. The first-order chi connectivity index (χ1) is 17.9. The van der Waals surface area contributed by atoms with Crippen LogP contribution in [0.25, 0.3) is 6.08 Å². The lowest BCUT2D eigenvalue weighted by molar-refractivity contribution is -0.137. The van der Waals surface area contributed by atoms with E-state index in [1.165, 1.54) is 36.3 Å². The normalized spacial score (nSPS) is 20.5. The average Bonchev–Trinajstić information content (AvgIpc) is 3.68. The fourth-order valence-corrected chi connectivity index (χ4v) is 5.45. The number of carbonyl (C=O) groups excluding carboxylic acids is 2. The van der Waals surface area contributed by atoms with Gasteiger partial charge in [0.1, 0.15) is 17.6 Å². The van der Waals surface area contributed by atoms with Crippen LogP contribution in [0.15, 0.2) is 85.5 Å². The fraction of sp³-hybridized carbons (Fsp3) is 0.269. The number of sulfonamides is 1. The summed E-state index contributed by atoms with van der Waals surface area (Å²) in [7, 11) is -2.46. The monoisotopic (exact) mass is 523 g/mol. The van der Waals surface area contributed by atoms with E-state index in [2.05, 4.69) is 9.82 Å². The van der Waals surface area contributed by atoms with Crippen molar-refractivity contribution in [2.24, 2.45) is 11.0 Å². The molecule has 1 fully saturated rings. The molecule has 1 amide bonds. The zero-order valence-electron chi connectivity index (χ0n) is 20.0. The number of nitrogens with one attached hydrogen (secondary N) is 1. The lowest BCUT2D eigenvalue weighted by Gasteiger charge is -2.27. The molecular formula is C26H25N3O7S. The van der Waals surface area contributed by atoms with E-state index in [4.69, 9.17) is 13.6 Å². The van der Waals surface area contributed by atoms with E-state index in [1.807, 2.05) is 18.2 Å². The standard InChI is InChI=1S/C26H25N3O7S/c1-27-37(32,33)20-9-2-7-18(15-20)26(31)36-16-23(30)29-25(22-11-5-13-35-22)21-10-3-6-17(24(21)28-29)14-19-8-4-12-34-19/h2,4-5,7-9,11-15,21,25,27H,3,6,10,16H2,1H3. The van der Waals surface area contributed by atoms with E-state index in [1.54, 1.807) is 24.7 Å². The molecule has 37 heavy (non-hydrogen) atoms. The van der Waals surface area contributed by atoms with E-state index < -0.39 is 34.5 Å². The smallest absolute Gasteiger partial charge is 0.338 e. The SMILES string of the molecule is CNS(=O)(=O)c1cccc(C(=O)OCC(=O)N2N=C3C(=Cc4ccco4)CCCC3C2c2ccco2)c1. The Morgan fingerprint density at radius 3 is 2.70 bits per heavy atom. The van der Waals surface area contributed by atoms with Crippen LogP contribution in [0.3, 0.4) is 0 Å². The second-order valence-corrected chi connectivity index (χ2v) is 10.6. The summed E-state index contributed by atoms with van der Waals surface area (Å²) in [6.07, 6.45) is 7.61. The number of benzene rings is 1. The summed E-state index contributed by atoms with van der Waals surface area (Å²) in [5.41, 5.74) is 1.78. The Kier molecular flexibility index (Phi) is 6.81. The lowest BCUT2D eigenvalue weighted by atomic mass is 9.79. The molecule has 1 aliphatic heterocycles. The quantitative estimate of drug-likeness (QED) is 0.467. The molecule has 2 atom stereocenters. The molecule has 0 bridgehead atoms. The molecule has 1 N–H and O–H groups in total. The van der Waals surface area contributed by atoms with Gasteiger partial charge in [0, 0.05) is 5.92 Å². The minimum Gasteiger partial charge on any atom is -0.467 e. The molecule has 2 unspecified atom stereocenters. The Morgan fingerprint density at radius 1 is 1.16 bits per heavy atom. The van der Waals surface area contributed by atoms with Gasteiger partial charge < -0.3 is 13.6 Å². The number of amides is 1. The van der Waals surface area contributed by atoms with Crippen LogP contribution >= 0.6 is 0 Å². The van der Waals surface area contributed by atoms with Gasteiger partial charge in [-0.1, -0.05) is 6.07 Å². The van der Waals surface area contributed by atoms with Gasteiger partial charge in [0.25, 0.3) is 5.91 Å². The molecule has 2 aromatic heterocycles. The predicted molar refractivity (Wildman–Crippen MR) is 133 cm³/mol. The highest BCUT2D eigenvalue weighted by atomic mass is 32.2. The van der Waals surface area contributed by atoms with Crippen molar-refractivity contribution in [2.45, 2.75) is 30.2 Å². The third kappa shape index (κ3) is 5.00. The summed E-state index contributed by atoms with van der Waals surface area (Å²) in [4.78, 5) is 25.8. The number of nitrogens with zero attached hydrogens (tertiary/aromatic N) is 2. The first kappa shape index (κ1) is 24.7. The summed E-state index contributed by atoms with van der Waals surface area (Å²) >= 11 is 0. The molecule has 1 aromatic carbocycles. The number of hydrazone groups is 1. The lowest BCUT2D eigenvalue weighted by Crippen LogP contribution is -2.34. The van der Waals surface area contributed by atoms with Crippen molar-refractivity contribution in [3.05, 3.63) is 83.7 Å². The van der Waals surface area contributed by atoms with Gasteiger partial charge in [0.15, 0.2) is 6.61 Å². The molecule has 0 radical (unpaired) electrons. The highest BCUT2D eigenvalue weighted by molar-refractivity contribution is 7.89. The van der Waals surface area contributed by atoms with E-state index >= 15 is 0 Å². The zero-order valence-corrected chi connectivity index (χ0v) is 20.8. The highest BCUT2D eigenvalue weighted by Crippen LogP contribution is 2.44. The maximum atomic E-state index is 13.3. The van der Waals surface area contributed by atoms with Crippen molar-refractivity contribution >= 4 is 33.7 Å². The minimum absolute atomic E-state index is 0.0109. The number of hydrogen-bond donors (Lipinski definition) is 1. The van der Waals surface area contributed by atoms with Gasteiger partial charge in [-0.05, 0) is 80.4 Å². The number of esters is 1. The molecule has 10 nitrogen and oxygen atoms in total. The molecule has 2 aliphatic rings. The minimum atomic E-state index is -3.74. The second kappa shape index (κ2) is 10.2. The predicted octanol–water partition coefficient (Wildman–Crippen LogP) is 3.76. The molecule has 5 rings (SSSR count).